The minimum atomic E-state index is -0.0397. The molecule has 110 valence electrons. The molecule has 1 N–H and O–H groups in total. The standard InChI is InChI=1S/C15H26ClNO2/c1-9-10(2)19-11(3)14(9)15(18)17-13-8-6-4-5-7-12(13)16/h9-14H,4-8H2,1-3H3,(H,17,18). The Morgan fingerprint density at radius 2 is 1.79 bits per heavy atom. The normalized spacial score (nSPS) is 43.8. The number of halogens is 1. The fourth-order valence-electron chi connectivity index (χ4n) is 3.42. The molecule has 1 amide bonds. The van der Waals surface area contributed by atoms with Gasteiger partial charge in [-0.05, 0) is 32.6 Å². The highest BCUT2D eigenvalue weighted by molar-refractivity contribution is 6.21. The van der Waals surface area contributed by atoms with Gasteiger partial charge in [0, 0.05) is 6.04 Å². The van der Waals surface area contributed by atoms with Crippen molar-refractivity contribution in [1.82, 2.24) is 5.32 Å². The Balaban J connectivity index is 1.96. The summed E-state index contributed by atoms with van der Waals surface area (Å²) in [6, 6.07) is 0.131. The van der Waals surface area contributed by atoms with Crippen molar-refractivity contribution in [1.29, 1.82) is 0 Å². The summed E-state index contributed by atoms with van der Waals surface area (Å²) in [5, 5.41) is 3.26. The molecule has 1 aliphatic heterocycles. The highest BCUT2D eigenvalue weighted by atomic mass is 35.5. The summed E-state index contributed by atoms with van der Waals surface area (Å²) in [7, 11) is 0. The van der Waals surface area contributed by atoms with Gasteiger partial charge in [-0.1, -0.05) is 26.2 Å². The molecular weight excluding hydrogens is 262 g/mol. The predicted octanol–water partition coefficient (Wildman–Crippen LogP) is 3.10. The van der Waals surface area contributed by atoms with Crippen molar-refractivity contribution in [2.24, 2.45) is 11.8 Å². The number of hydrogen-bond acceptors (Lipinski definition) is 2. The molecule has 1 aliphatic carbocycles. The maximum atomic E-state index is 12.5. The van der Waals surface area contributed by atoms with E-state index < -0.39 is 0 Å². The van der Waals surface area contributed by atoms with Gasteiger partial charge in [-0.3, -0.25) is 4.79 Å². The number of ether oxygens (including phenoxy) is 1. The Labute approximate surface area is 121 Å². The second-order valence-corrected chi connectivity index (χ2v) is 6.76. The van der Waals surface area contributed by atoms with Crippen LogP contribution in [0.3, 0.4) is 0 Å². The summed E-state index contributed by atoms with van der Waals surface area (Å²) in [6.07, 6.45) is 5.75. The summed E-state index contributed by atoms with van der Waals surface area (Å²) in [5.74, 6) is 0.360. The van der Waals surface area contributed by atoms with Gasteiger partial charge in [-0.15, -0.1) is 11.6 Å². The molecule has 0 aromatic rings. The van der Waals surface area contributed by atoms with Gasteiger partial charge in [-0.2, -0.15) is 0 Å². The van der Waals surface area contributed by atoms with Gasteiger partial charge in [0.15, 0.2) is 0 Å². The molecule has 0 aromatic heterocycles. The highest BCUT2D eigenvalue weighted by Crippen LogP contribution is 2.33. The molecule has 1 saturated heterocycles. The molecule has 0 spiro atoms. The van der Waals surface area contributed by atoms with E-state index in [1.165, 1.54) is 12.8 Å². The maximum Gasteiger partial charge on any atom is 0.226 e. The summed E-state index contributed by atoms with van der Waals surface area (Å²) in [5.41, 5.74) is 0. The van der Waals surface area contributed by atoms with E-state index in [2.05, 4.69) is 12.2 Å². The van der Waals surface area contributed by atoms with Crippen LogP contribution in [-0.2, 0) is 9.53 Å². The lowest BCUT2D eigenvalue weighted by Crippen LogP contribution is -2.46. The number of alkyl halides is 1. The molecule has 1 saturated carbocycles. The molecule has 2 rings (SSSR count). The van der Waals surface area contributed by atoms with E-state index in [0.29, 0.717) is 0 Å². The number of carbonyl (C=O) groups excluding carboxylic acids is 1. The van der Waals surface area contributed by atoms with Crippen molar-refractivity contribution < 1.29 is 9.53 Å². The van der Waals surface area contributed by atoms with Crippen LogP contribution in [0.15, 0.2) is 0 Å². The van der Waals surface area contributed by atoms with Gasteiger partial charge in [-0.25, -0.2) is 0 Å². The fraction of sp³-hybridized carbons (Fsp3) is 0.933. The lowest BCUT2D eigenvalue weighted by Gasteiger charge is -2.25. The van der Waals surface area contributed by atoms with E-state index in [0.717, 1.165) is 19.3 Å². The highest BCUT2D eigenvalue weighted by Gasteiger charge is 2.42. The Morgan fingerprint density at radius 1 is 1.11 bits per heavy atom. The number of hydrogen-bond donors (Lipinski definition) is 1. The number of rotatable bonds is 2. The molecule has 1 heterocycles. The zero-order valence-electron chi connectivity index (χ0n) is 12.2. The molecule has 0 aromatic carbocycles. The lowest BCUT2D eigenvalue weighted by atomic mass is 9.88. The fourth-order valence-corrected chi connectivity index (χ4v) is 3.77. The average Bonchev–Trinajstić information content (AvgIpc) is 2.51. The topological polar surface area (TPSA) is 38.3 Å². The Kier molecular flexibility index (Phi) is 5.13. The van der Waals surface area contributed by atoms with Gasteiger partial charge >= 0.3 is 0 Å². The first-order valence-corrected chi connectivity index (χ1v) is 8.04. The smallest absolute Gasteiger partial charge is 0.226 e. The summed E-state index contributed by atoms with van der Waals surface area (Å²) in [6.45, 7) is 6.14. The first-order chi connectivity index (χ1) is 9.00. The molecular formula is C15H26ClNO2. The molecule has 3 nitrogen and oxygen atoms in total. The number of carbonyl (C=O) groups is 1. The summed E-state index contributed by atoms with van der Waals surface area (Å²) < 4.78 is 5.75. The Morgan fingerprint density at radius 3 is 2.42 bits per heavy atom. The SMILES string of the molecule is CC1OC(C)C(C(=O)NC2CCCCCC2Cl)C1C. The van der Waals surface area contributed by atoms with Crippen LogP contribution in [0, 0.1) is 11.8 Å². The van der Waals surface area contributed by atoms with Gasteiger partial charge in [0.2, 0.25) is 5.91 Å². The first kappa shape index (κ1) is 15.1. The molecule has 6 unspecified atom stereocenters. The predicted molar refractivity (Wildman–Crippen MR) is 77.3 cm³/mol. The minimum absolute atomic E-state index is 0.00422. The van der Waals surface area contributed by atoms with Gasteiger partial charge in [0.1, 0.15) is 0 Å². The van der Waals surface area contributed by atoms with Crippen LogP contribution in [-0.4, -0.2) is 29.5 Å². The van der Waals surface area contributed by atoms with Crippen LogP contribution in [0.25, 0.3) is 0 Å². The van der Waals surface area contributed by atoms with E-state index in [4.69, 9.17) is 16.3 Å². The zero-order valence-corrected chi connectivity index (χ0v) is 13.0. The first-order valence-electron chi connectivity index (χ1n) is 7.60. The van der Waals surface area contributed by atoms with E-state index in [1.54, 1.807) is 0 Å². The Hall–Kier alpha value is -0.280. The van der Waals surface area contributed by atoms with Crippen molar-refractivity contribution in [3.8, 4) is 0 Å². The minimum Gasteiger partial charge on any atom is -0.374 e. The van der Waals surface area contributed by atoms with Crippen molar-refractivity contribution >= 4 is 17.5 Å². The molecule has 2 fully saturated rings. The molecule has 4 heteroatoms. The molecule has 6 atom stereocenters. The largest absolute Gasteiger partial charge is 0.374 e. The summed E-state index contributed by atoms with van der Waals surface area (Å²) in [4.78, 5) is 12.5. The lowest BCUT2D eigenvalue weighted by molar-refractivity contribution is -0.128. The van der Waals surface area contributed by atoms with Gasteiger partial charge in [0.25, 0.3) is 0 Å². The molecule has 19 heavy (non-hydrogen) atoms. The van der Waals surface area contributed by atoms with E-state index in [9.17, 15) is 4.79 Å². The third-order valence-electron chi connectivity index (χ3n) is 4.80. The molecule has 2 aliphatic rings. The molecule has 0 radical (unpaired) electrons. The van der Waals surface area contributed by atoms with Crippen LogP contribution in [0.1, 0.15) is 52.9 Å². The zero-order chi connectivity index (χ0) is 14.0. The number of amides is 1. The van der Waals surface area contributed by atoms with Crippen LogP contribution in [0.5, 0.6) is 0 Å². The van der Waals surface area contributed by atoms with Crippen molar-refractivity contribution in [2.75, 3.05) is 0 Å². The number of nitrogens with one attached hydrogen (secondary N) is 1. The van der Waals surface area contributed by atoms with Crippen molar-refractivity contribution in [3.05, 3.63) is 0 Å². The van der Waals surface area contributed by atoms with Crippen LogP contribution >= 0.6 is 11.6 Å². The van der Waals surface area contributed by atoms with Gasteiger partial charge in [0.05, 0.1) is 23.5 Å². The Bertz CT molecular complexity index is 323. The van der Waals surface area contributed by atoms with Crippen molar-refractivity contribution in [2.45, 2.75) is 76.5 Å². The second-order valence-electron chi connectivity index (χ2n) is 6.20. The molecule has 0 bridgehead atoms. The van der Waals surface area contributed by atoms with E-state index in [1.807, 2.05) is 13.8 Å². The third kappa shape index (κ3) is 3.43. The summed E-state index contributed by atoms with van der Waals surface area (Å²) >= 11 is 6.39. The van der Waals surface area contributed by atoms with Crippen LogP contribution in [0.2, 0.25) is 0 Å². The third-order valence-corrected chi connectivity index (χ3v) is 5.33. The van der Waals surface area contributed by atoms with E-state index >= 15 is 0 Å². The average molecular weight is 288 g/mol. The van der Waals surface area contributed by atoms with Crippen LogP contribution < -0.4 is 5.32 Å². The second kappa shape index (κ2) is 6.45. The van der Waals surface area contributed by atoms with Gasteiger partial charge < -0.3 is 10.1 Å². The quantitative estimate of drug-likeness (QED) is 0.626. The van der Waals surface area contributed by atoms with Crippen molar-refractivity contribution in [3.63, 3.8) is 0 Å². The van der Waals surface area contributed by atoms with E-state index in [-0.39, 0.29) is 41.4 Å². The maximum absolute atomic E-state index is 12.5. The monoisotopic (exact) mass is 287 g/mol. The van der Waals surface area contributed by atoms with Crippen LogP contribution in [0.4, 0.5) is 0 Å².